The summed E-state index contributed by atoms with van der Waals surface area (Å²) in [5, 5.41) is 14.7. The Kier molecular flexibility index (Phi) is 4.81. The Hall–Kier alpha value is -2.07. The molecular weight excluding hydrogens is 288 g/mol. The summed E-state index contributed by atoms with van der Waals surface area (Å²) in [5.41, 5.74) is 4.21. The van der Waals surface area contributed by atoms with Crippen molar-refractivity contribution in [3.05, 3.63) is 68.2 Å². The minimum atomic E-state index is -0.412. The molecule has 2 aromatic carbocycles. The Morgan fingerprint density at radius 2 is 2.00 bits per heavy atom. The zero-order valence-electron chi connectivity index (χ0n) is 12.0. The molecule has 0 fully saturated rings. The molecule has 0 aromatic heterocycles. The van der Waals surface area contributed by atoms with Crippen LogP contribution in [0.5, 0.6) is 0 Å². The Bertz CT molecular complexity index is 671. The highest BCUT2D eigenvalue weighted by atomic mass is 35.5. The van der Waals surface area contributed by atoms with Crippen LogP contribution in [0.25, 0.3) is 0 Å². The zero-order chi connectivity index (χ0) is 15.4. The van der Waals surface area contributed by atoms with Gasteiger partial charge in [0.1, 0.15) is 0 Å². The molecule has 5 heteroatoms. The maximum Gasteiger partial charge on any atom is 0.269 e. The molecule has 4 nitrogen and oxygen atoms in total. The number of non-ortho nitro benzene ring substituents is 1. The number of nitro benzene ring substituents is 1. The van der Waals surface area contributed by atoms with Crippen LogP contribution in [0.4, 0.5) is 11.4 Å². The van der Waals surface area contributed by atoms with Crippen LogP contribution in [0, 0.1) is 17.0 Å². The third kappa shape index (κ3) is 3.52. The number of rotatable bonds is 5. The van der Waals surface area contributed by atoms with Crippen LogP contribution in [0.3, 0.4) is 0 Å². The lowest BCUT2D eigenvalue weighted by atomic mass is 10.1. The van der Waals surface area contributed by atoms with Gasteiger partial charge in [-0.05, 0) is 36.1 Å². The molecule has 0 saturated heterocycles. The second kappa shape index (κ2) is 6.59. The lowest BCUT2D eigenvalue weighted by Gasteiger charge is -2.14. The van der Waals surface area contributed by atoms with Gasteiger partial charge in [-0.25, -0.2) is 0 Å². The molecule has 0 aliphatic rings. The topological polar surface area (TPSA) is 55.2 Å². The number of nitro groups is 1. The van der Waals surface area contributed by atoms with Crippen LogP contribution in [0.15, 0.2) is 36.4 Å². The van der Waals surface area contributed by atoms with E-state index in [1.165, 1.54) is 17.7 Å². The van der Waals surface area contributed by atoms with E-state index in [2.05, 4.69) is 18.3 Å². The van der Waals surface area contributed by atoms with E-state index >= 15 is 0 Å². The summed E-state index contributed by atoms with van der Waals surface area (Å²) in [6.45, 7) is 4.59. The monoisotopic (exact) mass is 304 g/mol. The normalized spacial score (nSPS) is 10.4. The smallest absolute Gasteiger partial charge is 0.269 e. The van der Waals surface area contributed by atoms with Gasteiger partial charge in [0, 0.05) is 29.4 Å². The molecule has 0 unspecified atom stereocenters. The van der Waals surface area contributed by atoms with Gasteiger partial charge in [0.15, 0.2) is 0 Å². The van der Waals surface area contributed by atoms with E-state index in [1.807, 2.05) is 19.1 Å². The second-order valence-corrected chi connectivity index (χ2v) is 5.26. The molecule has 0 aliphatic heterocycles. The molecule has 110 valence electrons. The van der Waals surface area contributed by atoms with E-state index in [-0.39, 0.29) is 5.69 Å². The highest BCUT2D eigenvalue weighted by Gasteiger charge is 2.10. The van der Waals surface area contributed by atoms with Gasteiger partial charge >= 0.3 is 0 Å². The van der Waals surface area contributed by atoms with E-state index in [0.29, 0.717) is 11.6 Å². The van der Waals surface area contributed by atoms with E-state index in [1.54, 1.807) is 6.07 Å². The van der Waals surface area contributed by atoms with Gasteiger partial charge in [-0.3, -0.25) is 10.1 Å². The fraction of sp³-hybridized carbons (Fsp3) is 0.250. The number of halogens is 1. The Labute approximate surface area is 128 Å². The summed E-state index contributed by atoms with van der Waals surface area (Å²) in [4.78, 5) is 10.4. The number of hydrogen-bond donors (Lipinski definition) is 1. The highest BCUT2D eigenvalue weighted by Crippen LogP contribution is 2.25. The summed E-state index contributed by atoms with van der Waals surface area (Å²) in [6.07, 6.45) is 0.923. The summed E-state index contributed by atoms with van der Waals surface area (Å²) < 4.78 is 0. The first-order valence-corrected chi connectivity index (χ1v) is 7.16. The Morgan fingerprint density at radius 3 is 2.67 bits per heavy atom. The van der Waals surface area contributed by atoms with Crippen molar-refractivity contribution in [3.63, 3.8) is 0 Å². The van der Waals surface area contributed by atoms with Crippen LogP contribution < -0.4 is 5.32 Å². The van der Waals surface area contributed by atoms with Gasteiger partial charge in [-0.15, -0.1) is 0 Å². The van der Waals surface area contributed by atoms with Crippen molar-refractivity contribution in [1.82, 2.24) is 0 Å². The first-order valence-electron chi connectivity index (χ1n) is 6.78. The maximum absolute atomic E-state index is 10.8. The number of nitrogens with one attached hydrogen (secondary N) is 1. The molecule has 0 spiro atoms. The van der Waals surface area contributed by atoms with Crippen LogP contribution in [0.1, 0.15) is 23.6 Å². The molecule has 0 amide bonds. The molecular formula is C16H17ClN2O2. The van der Waals surface area contributed by atoms with Crippen molar-refractivity contribution in [2.75, 3.05) is 5.32 Å². The van der Waals surface area contributed by atoms with Crippen molar-refractivity contribution in [1.29, 1.82) is 0 Å². The van der Waals surface area contributed by atoms with Crippen molar-refractivity contribution in [3.8, 4) is 0 Å². The van der Waals surface area contributed by atoms with Gasteiger partial charge in [0.05, 0.1) is 4.92 Å². The fourth-order valence-electron chi connectivity index (χ4n) is 2.27. The lowest BCUT2D eigenvalue weighted by molar-refractivity contribution is -0.384. The lowest BCUT2D eigenvalue weighted by Crippen LogP contribution is -2.05. The van der Waals surface area contributed by atoms with Gasteiger partial charge in [0.2, 0.25) is 0 Å². The van der Waals surface area contributed by atoms with Crippen molar-refractivity contribution < 1.29 is 4.92 Å². The molecule has 0 radical (unpaired) electrons. The summed E-state index contributed by atoms with van der Waals surface area (Å²) in [7, 11) is 0. The highest BCUT2D eigenvalue weighted by molar-refractivity contribution is 6.31. The number of para-hydroxylation sites is 1. The Balaban J connectivity index is 2.24. The Morgan fingerprint density at radius 1 is 1.24 bits per heavy atom. The molecule has 21 heavy (non-hydrogen) atoms. The summed E-state index contributed by atoms with van der Waals surface area (Å²) in [5.74, 6) is 0. The SMILES string of the molecule is CCc1cccc(C)c1NCc1cc([N+](=O)[O-])ccc1Cl. The van der Waals surface area contributed by atoms with Gasteiger partial charge in [-0.1, -0.05) is 36.7 Å². The average Bonchev–Trinajstić information content (AvgIpc) is 2.47. The average molecular weight is 305 g/mol. The van der Waals surface area contributed by atoms with E-state index in [4.69, 9.17) is 11.6 Å². The number of anilines is 1. The molecule has 2 rings (SSSR count). The minimum Gasteiger partial charge on any atom is -0.380 e. The largest absolute Gasteiger partial charge is 0.380 e. The van der Waals surface area contributed by atoms with E-state index in [9.17, 15) is 10.1 Å². The summed E-state index contributed by atoms with van der Waals surface area (Å²) in [6, 6.07) is 10.6. The van der Waals surface area contributed by atoms with Gasteiger partial charge in [-0.2, -0.15) is 0 Å². The first kappa shape index (κ1) is 15.3. The van der Waals surface area contributed by atoms with Crippen LogP contribution in [-0.2, 0) is 13.0 Å². The summed E-state index contributed by atoms with van der Waals surface area (Å²) >= 11 is 6.12. The molecule has 0 aliphatic carbocycles. The first-order chi connectivity index (χ1) is 10.0. The molecule has 0 atom stereocenters. The number of benzene rings is 2. The predicted molar refractivity (Wildman–Crippen MR) is 86.0 cm³/mol. The fourth-order valence-corrected chi connectivity index (χ4v) is 2.45. The number of hydrogen-bond acceptors (Lipinski definition) is 3. The standard InChI is InChI=1S/C16H17ClN2O2/c1-3-12-6-4-5-11(2)16(12)18-10-13-9-14(19(20)21)7-8-15(13)17/h4-9,18H,3,10H2,1-2H3. The zero-order valence-corrected chi connectivity index (χ0v) is 12.8. The van der Waals surface area contributed by atoms with Crippen LogP contribution in [0.2, 0.25) is 5.02 Å². The minimum absolute atomic E-state index is 0.0525. The van der Waals surface area contributed by atoms with E-state index in [0.717, 1.165) is 23.2 Å². The molecule has 0 saturated carbocycles. The van der Waals surface area contributed by atoms with Gasteiger partial charge in [0.25, 0.3) is 5.69 Å². The molecule has 2 aromatic rings. The number of nitrogens with zero attached hydrogens (tertiary/aromatic N) is 1. The van der Waals surface area contributed by atoms with Crippen molar-refractivity contribution >= 4 is 23.0 Å². The van der Waals surface area contributed by atoms with Crippen molar-refractivity contribution in [2.45, 2.75) is 26.8 Å². The van der Waals surface area contributed by atoms with Crippen LogP contribution >= 0.6 is 11.6 Å². The molecule has 0 heterocycles. The van der Waals surface area contributed by atoms with Gasteiger partial charge < -0.3 is 5.32 Å². The van der Waals surface area contributed by atoms with Crippen molar-refractivity contribution in [2.24, 2.45) is 0 Å². The second-order valence-electron chi connectivity index (χ2n) is 4.85. The maximum atomic E-state index is 10.8. The van der Waals surface area contributed by atoms with E-state index < -0.39 is 4.92 Å². The third-order valence-electron chi connectivity index (χ3n) is 3.44. The number of aryl methyl sites for hydroxylation is 2. The predicted octanol–water partition coefficient (Wildman–Crippen LogP) is 4.73. The third-order valence-corrected chi connectivity index (χ3v) is 3.80. The molecule has 1 N–H and O–H groups in total. The molecule has 0 bridgehead atoms. The van der Waals surface area contributed by atoms with Crippen LogP contribution in [-0.4, -0.2) is 4.92 Å². The quantitative estimate of drug-likeness (QED) is 0.641.